The molecule has 0 atom stereocenters. The molecule has 0 aromatic heterocycles. The lowest BCUT2D eigenvalue weighted by Crippen LogP contribution is -2.30. The number of benzene rings is 1. The van der Waals surface area contributed by atoms with Crippen molar-refractivity contribution in [2.45, 2.75) is 59.5 Å². The molecule has 0 aliphatic heterocycles. The summed E-state index contributed by atoms with van der Waals surface area (Å²) >= 11 is 0. The summed E-state index contributed by atoms with van der Waals surface area (Å²) in [4.78, 5) is 11.0. The van der Waals surface area contributed by atoms with Gasteiger partial charge in [0.2, 0.25) is 0 Å². The molecule has 1 aliphatic carbocycles. The predicted octanol–water partition coefficient (Wildman–Crippen LogP) is 6.68. The van der Waals surface area contributed by atoms with E-state index in [1.165, 1.54) is 25.0 Å². The van der Waals surface area contributed by atoms with Crippen molar-refractivity contribution >= 4 is 11.9 Å². The monoisotopic (exact) mass is 370 g/mol. The maximum Gasteiger partial charge on any atom is 0.152 e. The highest BCUT2D eigenvalue weighted by Gasteiger charge is 2.30. The zero-order valence-corrected chi connectivity index (χ0v) is 16.9. The fraction of sp³-hybridized carbons (Fsp3) is 0.458. The molecular weight excluding hydrogens is 339 g/mol. The van der Waals surface area contributed by atoms with Crippen LogP contribution in [0.5, 0.6) is 5.75 Å². The second kappa shape index (κ2) is 9.16. The zero-order chi connectivity index (χ0) is 20.0. The number of halogens is 1. The first-order chi connectivity index (χ1) is 12.8. The van der Waals surface area contributed by atoms with E-state index >= 15 is 0 Å². The minimum absolute atomic E-state index is 0.0286. The fourth-order valence-corrected chi connectivity index (χ4v) is 3.69. The molecule has 146 valence electrons. The minimum Gasteiger partial charge on any atom is -0.490 e. The predicted molar refractivity (Wildman–Crippen MR) is 110 cm³/mol. The highest BCUT2D eigenvalue weighted by atomic mass is 19.1. The molecule has 0 N–H and O–H groups in total. The Bertz CT molecular complexity index is 712. The van der Waals surface area contributed by atoms with Gasteiger partial charge < -0.3 is 4.74 Å². The maximum atomic E-state index is 14.5. The molecule has 1 aromatic carbocycles. The summed E-state index contributed by atoms with van der Waals surface area (Å²) in [7, 11) is 0. The number of rotatable bonds is 6. The van der Waals surface area contributed by atoms with Crippen molar-refractivity contribution in [1.29, 1.82) is 0 Å². The molecule has 0 amide bonds. The van der Waals surface area contributed by atoms with Gasteiger partial charge in [-0.05, 0) is 61.6 Å². The number of hydrogen-bond donors (Lipinski definition) is 0. The molecule has 27 heavy (non-hydrogen) atoms. The largest absolute Gasteiger partial charge is 0.490 e. The zero-order valence-electron chi connectivity index (χ0n) is 16.9. The maximum absolute atomic E-state index is 14.5. The SMILES string of the molecule is C=C/C(=C(F)\C(C=O)=C/C)c1ccc(OC2CCC(C(C)(C)C)CC2)cc1. The Kier molecular flexibility index (Phi) is 7.18. The summed E-state index contributed by atoms with van der Waals surface area (Å²) in [5.74, 6) is 0.988. The van der Waals surface area contributed by atoms with E-state index in [0.29, 0.717) is 22.8 Å². The van der Waals surface area contributed by atoms with E-state index < -0.39 is 5.83 Å². The lowest BCUT2D eigenvalue weighted by atomic mass is 9.72. The van der Waals surface area contributed by atoms with Gasteiger partial charge in [0, 0.05) is 11.1 Å². The van der Waals surface area contributed by atoms with E-state index in [2.05, 4.69) is 27.4 Å². The van der Waals surface area contributed by atoms with Crippen molar-refractivity contribution < 1.29 is 13.9 Å². The topological polar surface area (TPSA) is 26.3 Å². The van der Waals surface area contributed by atoms with E-state index in [0.717, 1.165) is 24.5 Å². The Morgan fingerprint density at radius 2 is 1.74 bits per heavy atom. The van der Waals surface area contributed by atoms with Gasteiger partial charge in [0.15, 0.2) is 6.29 Å². The number of carbonyl (C=O) groups is 1. The second-order valence-electron chi connectivity index (χ2n) is 8.28. The molecule has 2 rings (SSSR count). The van der Waals surface area contributed by atoms with Crippen LogP contribution in [0.1, 0.15) is 58.9 Å². The molecule has 0 saturated heterocycles. The Hall–Kier alpha value is -2.16. The Balaban J connectivity index is 2.06. The van der Waals surface area contributed by atoms with E-state index in [9.17, 15) is 9.18 Å². The van der Waals surface area contributed by atoms with Crippen LogP contribution in [0.15, 0.2) is 54.4 Å². The molecule has 1 aliphatic rings. The van der Waals surface area contributed by atoms with Crippen LogP contribution in [0.25, 0.3) is 5.57 Å². The van der Waals surface area contributed by atoms with Crippen LogP contribution in [-0.4, -0.2) is 12.4 Å². The Morgan fingerprint density at radius 1 is 1.15 bits per heavy atom. The van der Waals surface area contributed by atoms with Crippen LogP contribution in [-0.2, 0) is 4.79 Å². The van der Waals surface area contributed by atoms with Crippen molar-refractivity contribution in [1.82, 2.24) is 0 Å². The molecule has 0 spiro atoms. The summed E-state index contributed by atoms with van der Waals surface area (Å²) in [6, 6.07) is 7.34. The normalized spacial score (nSPS) is 22.0. The first-order valence-corrected chi connectivity index (χ1v) is 9.71. The van der Waals surface area contributed by atoms with Crippen LogP contribution < -0.4 is 4.74 Å². The molecule has 1 saturated carbocycles. The third-order valence-corrected chi connectivity index (χ3v) is 5.50. The summed E-state index contributed by atoms with van der Waals surface area (Å²) < 4.78 is 20.6. The highest BCUT2D eigenvalue weighted by molar-refractivity contribution is 5.88. The molecule has 0 radical (unpaired) electrons. The average molecular weight is 371 g/mol. The van der Waals surface area contributed by atoms with Crippen LogP contribution >= 0.6 is 0 Å². The lowest BCUT2D eigenvalue weighted by molar-refractivity contribution is -0.104. The van der Waals surface area contributed by atoms with Gasteiger partial charge in [0.1, 0.15) is 11.6 Å². The first-order valence-electron chi connectivity index (χ1n) is 9.71. The van der Waals surface area contributed by atoms with Gasteiger partial charge in [-0.3, -0.25) is 4.79 Å². The smallest absolute Gasteiger partial charge is 0.152 e. The summed E-state index contributed by atoms with van der Waals surface area (Å²) in [5, 5.41) is 0. The van der Waals surface area contributed by atoms with Gasteiger partial charge >= 0.3 is 0 Å². The number of allylic oxidation sites excluding steroid dienone is 5. The molecule has 2 nitrogen and oxygen atoms in total. The van der Waals surface area contributed by atoms with Gasteiger partial charge in [-0.1, -0.05) is 51.6 Å². The van der Waals surface area contributed by atoms with E-state index in [4.69, 9.17) is 4.74 Å². The quantitative estimate of drug-likeness (QED) is 0.317. The van der Waals surface area contributed by atoms with Gasteiger partial charge in [0.25, 0.3) is 0 Å². The van der Waals surface area contributed by atoms with Crippen molar-refractivity contribution in [3.05, 3.63) is 60.0 Å². The number of carbonyl (C=O) groups excluding carboxylic acids is 1. The molecule has 3 heteroatoms. The van der Waals surface area contributed by atoms with E-state index in [1.807, 2.05) is 24.3 Å². The van der Waals surface area contributed by atoms with Gasteiger partial charge in [-0.15, -0.1) is 0 Å². The molecule has 0 bridgehead atoms. The second-order valence-corrected chi connectivity index (χ2v) is 8.28. The summed E-state index contributed by atoms with van der Waals surface area (Å²) in [6.45, 7) is 12.2. The van der Waals surface area contributed by atoms with E-state index in [1.54, 1.807) is 6.92 Å². The van der Waals surface area contributed by atoms with Crippen molar-refractivity contribution in [3.63, 3.8) is 0 Å². The number of aldehydes is 1. The summed E-state index contributed by atoms with van der Waals surface area (Å²) in [6.07, 6.45) is 8.18. The van der Waals surface area contributed by atoms with Gasteiger partial charge in [0.05, 0.1) is 6.10 Å². The Labute approximate surface area is 162 Å². The highest BCUT2D eigenvalue weighted by Crippen LogP contribution is 2.38. The number of hydrogen-bond acceptors (Lipinski definition) is 2. The van der Waals surface area contributed by atoms with Gasteiger partial charge in [-0.25, -0.2) is 4.39 Å². The summed E-state index contributed by atoms with van der Waals surface area (Å²) in [5.41, 5.74) is 1.37. The van der Waals surface area contributed by atoms with Crippen molar-refractivity contribution in [3.8, 4) is 5.75 Å². The van der Waals surface area contributed by atoms with Crippen LogP contribution in [0.2, 0.25) is 0 Å². The molecule has 0 unspecified atom stereocenters. The third kappa shape index (κ3) is 5.41. The van der Waals surface area contributed by atoms with Crippen LogP contribution in [0.4, 0.5) is 4.39 Å². The average Bonchev–Trinajstić information content (AvgIpc) is 2.64. The molecule has 0 heterocycles. The molecule has 1 aromatic rings. The standard InChI is InChI=1S/C24H31FO2/c1-6-17(16-26)23(25)22(7-2)18-8-12-20(13-9-18)27-21-14-10-19(11-15-21)24(3,4)5/h6-9,12-13,16,19,21H,2,10-11,14-15H2,1,3-5H3/b17-6-,23-22-. The van der Waals surface area contributed by atoms with Gasteiger partial charge in [-0.2, -0.15) is 0 Å². The first kappa shape index (κ1) is 21.1. The minimum atomic E-state index is -0.559. The van der Waals surface area contributed by atoms with Crippen molar-refractivity contribution in [2.75, 3.05) is 0 Å². The van der Waals surface area contributed by atoms with Crippen LogP contribution in [0, 0.1) is 11.3 Å². The lowest BCUT2D eigenvalue weighted by Gasteiger charge is -2.36. The third-order valence-electron chi connectivity index (χ3n) is 5.50. The molecule has 1 fully saturated rings. The van der Waals surface area contributed by atoms with E-state index in [-0.39, 0.29) is 11.7 Å². The Morgan fingerprint density at radius 3 is 2.19 bits per heavy atom. The fourth-order valence-electron chi connectivity index (χ4n) is 3.69. The number of ether oxygens (including phenoxy) is 1. The van der Waals surface area contributed by atoms with Crippen LogP contribution in [0.3, 0.4) is 0 Å². The molecular formula is C24H31FO2. The van der Waals surface area contributed by atoms with Crippen molar-refractivity contribution in [2.24, 2.45) is 11.3 Å².